The van der Waals surface area contributed by atoms with Crippen molar-refractivity contribution in [2.45, 2.75) is 39.2 Å². The average molecular weight is 365 g/mol. The Morgan fingerprint density at radius 3 is 2.67 bits per heavy atom. The van der Waals surface area contributed by atoms with Gasteiger partial charge in [-0.1, -0.05) is 45.0 Å². The second kappa shape index (κ2) is 8.20. The van der Waals surface area contributed by atoms with Gasteiger partial charge in [-0.3, -0.25) is 9.98 Å². The van der Waals surface area contributed by atoms with Crippen LogP contribution in [0.2, 0.25) is 0 Å². The van der Waals surface area contributed by atoms with Crippen LogP contribution >= 0.6 is 0 Å². The maximum Gasteiger partial charge on any atom is 0.213 e. The third-order valence-corrected chi connectivity index (χ3v) is 4.33. The Hall–Kier alpha value is -2.89. The summed E-state index contributed by atoms with van der Waals surface area (Å²) in [4.78, 5) is 13.1. The van der Waals surface area contributed by atoms with E-state index < -0.39 is 0 Å². The predicted octanol–water partition coefficient (Wildman–Crippen LogP) is 3.43. The van der Waals surface area contributed by atoms with Crippen LogP contribution in [0.3, 0.4) is 0 Å². The molecule has 2 N–H and O–H groups in total. The SMILES string of the molecule is CN=C(NCCc1cccc2cccnc12)NCc1ncc(C(C)(C)C)o1. The lowest BCUT2D eigenvalue weighted by Crippen LogP contribution is -2.37. The van der Waals surface area contributed by atoms with Crippen LogP contribution in [0.15, 0.2) is 52.1 Å². The Kier molecular flexibility index (Phi) is 5.74. The summed E-state index contributed by atoms with van der Waals surface area (Å²) in [5.74, 6) is 2.26. The monoisotopic (exact) mass is 365 g/mol. The van der Waals surface area contributed by atoms with Gasteiger partial charge >= 0.3 is 0 Å². The highest BCUT2D eigenvalue weighted by Crippen LogP contribution is 2.22. The summed E-state index contributed by atoms with van der Waals surface area (Å²) >= 11 is 0. The highest BCUT2D eigenvalue weighted by atomic mass is 16.4. The van der Waals surface area contributed by atoms with Crippen molar-refractivity contribution in [2.24, 2.45) is 4.99 Å². The number of benzene rings is 1. The van der Waals surface area contributed by atoms with E-state index in [1.165, 1.54) is 5.56 Å². The van der Waals surface area contributed by atoms with Gasteiger partial charge in [0.1, 0.15) is 5.76 Å². The fourth-order valence-corrected chi connectivity index (χ4v) is 2.80. The summed E-state index contributed by atoms with van der Waals surface area (Å²) in [5.41, 5.74) is 2.23. The minimum atomic E-state index is -0.0440. The van der Waals surface area contributed by atoms with Gasteiger partial charge in [0.25, 0.3) is 0 Å². The molecule has 0 fully saturated rings. The number of para-hydroxylation sites is 1. The first-order valence-electron chi connectivity index (χ1n) is 9.19. The van der Waals surface area contributed by atoms with Crippen LogP contribution in [0, 0.1) is 0 Å². The van der Waals surface area contributed by atoms with Crippen molar-refractivity contribution in [3.8, 4) is 0 Å². The molecule has 0 radical (unpaired) electrons. The normalized spacial score (nSPS) is 12.4. The summed E-state index contributed by atoms with van der Waals surface area (Å²) in [7, 11) is 1.75. The van der Waals surface area contributed by atoms with Gasteiger partial charge in [-0.2, -0.15) is 0 Å². The Balaban J connectivity index is 1.53. The molecule has 1 aromatic carbocycles. The van der Waals surface area contributed by atoms with Crippen molar-refractivity contribution in [1.29, 1.82) is 0 Å². The first kappa shape index (κ1) is 18.9. The number of fused-ring (bicyclic) bond motifs is 1. The van der Waals surface area contributed by atoms with Gasteiger partial charge in [0.2, 0.25) is 5.89 Å². The molecule has 0 aliphatic rings. The second-order valence-corrected chi connectivity index (χ2v) is 7.46. The number of aromatic nitrogens is 2. The van der Waals surface area contributed by atoms with E-state index in [1.807, 2.05) is 12.3 Å². The van der Waals surface area contributed by atoms with Gasteiger partial charge in [0.15, 0.2) is 5.96 Å². The van der Waals surface area contributed by atoms with Crippen molar-refractivity contribution in [1.82, 2.24) is 20.6 Å². The molecule has 0 saturated heterocycles. The van der Waals surface area contributed by atoms with E-state index in [4.69, 9.17) is 4.42 Å². The predicted molar refractivity (Wildman–Crippen MR) is 109 cm³/mol. The Morgan fingerprint density at radius 2 is 1.93 bits per heavy atom. The quantitative estimate of drug-likeness (QED) is 0.535. The van der Waals surface area contributed by atoms with Crippen LogP contribution < -0.4 is 10.6 Å². The van der Waals surface area contributed by atoms with Crippen LogP contribution in [-0.4, -0.2) is 29.5 Å². The van der Waals surface area contributed by atoms with Crippen LogP contribution in [0.1, 0.15) is 38.0 Å². The van der Waals surface area contributed by atoms with Crippen molar-refractivity contribution >= 4 is 16.9 Å². The molecule has 2 heterocycles. The van der Waals surface area contributed by atoms with E-state index in [-0.39, 0.29) is 5.41 Å². The summed E-state index contributed by atoms with van der Waals surface area (Å²) in [6.45, 7) is 7.56. The van der Waals surface area contributed by atoms with Crippen molar-refractivity contribution in [3.05, 3.63) is 59.9 Å². The lowest BCUT2D eigenvalue weighted by atomic mass is 9.94. The number of pyridine rings is 1. The van der Waals surface area contributed by atoms with Crippen molar-refractivity contribution in [3.63, 3.8) is 0 Å². The van der Waals surface area contributed by atoms with Crippen LogP contribution in [-0.2, 0) is 18.4 Å². The maximum atomic E-state index is 5.80. The number of hydrogen-bond donors (Lipinski definition) is 2. The summed E-state index contributed by atoms with van der Waals surface area (Å²) in [6, 6.07) is 10.3. The molecule has 0 aliphatic carbocycles. The molecule has 142 valence electrons. The Morgan fingerprint density at radius 1 is 1.11 bits per heavy atom. The lowest BCUT2D eigenvalue weighted by molar-refractivity contribution is 0.379. The molecule has 0 atom stereocenters. The number of aliphatic imine (C=N–C) groups is 1. The van der Waals surface area contributed by atoms with E-state index >= 15 is 0 Å². The number of nitrogens with one attached hydrogen (secondary N) is 2. The molecule has 0 bridgehead atoms. The highest BCUT2D eigenvalue weighted by Gasteiger charge is 2.19. The van der Waals surface area contributed by atoms with E-state index in [2.05, 4.69) is 70.6 Å². The zero-order valence-corrected chi connectivity index (χ0v) is 16.4. The fourth-order valence-electron chi connectivity index (χ4n) is 2.80. The molecule has 2 aromatic heterocycles. The minimum Gasteiger partial charge on any atom is -0.443 e. The topological polar surface area (TPSA) is 75.3 Å². The molecule has 0 spiro atoms. The molecule has 0 saturated carbocycles. The Bertz CT molecular complexity index is 918. The number of oxazole rings is 1. The molecule has 27 heavy (non-hydrogen) atoms. The first-order chi connectivity index (χ1) is 13.0. The molecule has 0 amide bonds. The third-order valence-electron chi connectivity index (χ3n) is 4.33. The zero-order valence-electron chi connectivity index (χ0n) is 16.4. The van der Waals surface area contributed by atoms with Crippen LogP contribution in [0.25, 0.3) is 10.9 Å². The van der Waals surface area contributed by atoms with Gasteiger partial charge < -0.3 is 15.1 Å². The molecule has 3 aromatic rings. The van der Waals surface area contributed by atoms with Gasteiger partial charge in [0, 0.05) is 30.6 Å². The molecule has 6 heteroatoms. The van der Waals surface area contributed by atoms with Gasteiger partial charge in [-0.15, -0.1) is 0 Å². The smallest absolute Gasteiger partial charge is 0.213 e. The van der Waals surface area contributed by atoms with E-state index in [0.29, 0.717) is 12.4 Å². The van der Waals surface area contributed by atoms with Crippen LogP contribution in [0.5, 0.6) is 0 Å². The molecule has 3 rings (SSSR count). The lowest BCUT2D eigenvalue weighted by Gasteiger charge is -2.13. The summed E-state index contributed by atoms with van der Waals surface area (Å²) in [6.07, 6.45) is 4.49. The van der Waals surface area contributed by atoms with Gasteiger partial charge in [-0.05, 0) is 18.1 Å². The van der Waals surface area contributed by atoms with Gasteiger partial charge in [0.05, 0.1) is 18.3 Å². The molecular weight excluding hydrogens is 338 g/mol. The third kappa shape index (κ3) is 4.84. The van der Waals surface area contributed by atoms with Gasteiger partial charge in [-0.25, -0.2) is 4.98 Å². The van der Waals surface area contributed by atoms with E-state index in [0.717, 1.165) is 35.6 Å². The standard InChI is InChI=1S/C21H27N5O/c1-21(2,3)17-13-25-18(27-17)14-26-20(22-4)24-12-10-16-8-5-7-15-9-6-11-23-19(15)16/h5-9,11,13H,10,12,14H2,1-4H3,(H2,22,24,26). The molecule has 6 nitrogen and oxygen atoms in total. The molecule has 0 aliphatic heterocycles. The second-order valence-electron chi connectivity index (χ2n) is 7.46. The fraction of sp³-hybridized carbons (Fsp3) is 0.381. The largest absolute Gasteiger partial charge is 0.443 e. The van der Waals surface area contributed by atoms with E-state index in [9.17, 15) is 0 Å². The Labute approximate surface area is 160 Å². The number of hydrogen-bond acceptors (Lipinski definition) is 4. The zero-order chi connectivity index (χ0) is 19.3. The number of nitrogens with zero attached hydrogens (tertiary/aromatic N) is 3. The van der Waals surface area contributed by atoms with Crippen molar-refractivity contribution < 1.29 is 4.42 Å². The van der Waals surface area contributed by atoms with Crippen LogP contribution in [0.4, 0.5) is 0 Å². The molecule has 0 unspecified atom stereocenters. The number of guanidine groups is 1. The minimum absolute atomic E-state index is 0.0440. The first-order valence-corrected chi connectivity index (χ1v) is 9.19. The number of rotatable bonds is 5. The van der Waals surface area contributed by atoms with Crippen molar-refractivity contribution in [2.75, 3.05) is 13.6 Å². The molecular formula is C21H27N5O. The van der Waals surface area contributed by atoms with E-state index in [1.54, 1.807) is 13.2 Å². The summed E-state index contributed by atoms with van der Waals surface area (Å²) in [5, 5.41) is 7.74. The summed E-state index contributed by atoms with van der Waals surface area (Å²) < 4.78 is 5.80. The maximum absolute atomic E-state index is 5.80. The average Bonchev–Trinajstić information content (AvgIpc) is 3.14. The highest BCUT2D eigenvalue weighted by molar-refractivity contribution is 5.82.